The molecule has 2 heterocycles. The molecule has 6 nitrogen and oxygen atoms in total. The van der Waals surface area contributed by atoms with Gasteiger partial charge in [0, 0.05) is 19.3 Å². The Morgan fingerprint density at radius 2 is 1.89 bits per heavy atom. The maximum atomic E-state index is 12.8. The van der Waals surface area contributed by atoms with Gasteiger partial charge in [-0.15, -0.1) is 0 Å². The monoisotopic (exact) mass is 396 g/mol. The van der Waals surface area contributed by atoms with Crippen molar-refractivity contribution in [2.75, 3.05) is 17.7 Å². The van der Waals surface area contributed by atoms with Gasteiger partial charge in [-0.05, 0) is 42.3 Å². The van der Waals surface area contributed by atoms with Crippen LogP contribution in [0.1, 0.15) is 17.0 Å². The predicted octanol–water partition coefficient (Wildman–Crippen LogP) is 4.30. The predicted molar refractivity (Wildman–Crippen MR) is 97.2 cm³/mol. The average Bonchev–Trinajstić information content (AvgIpc) is 3.03. The van der Waals surface area contributed by atoms with Crippen molar-refractivity contribution in [2.45, 2.75) is 19.6 Å². The van der Waals surface area contributed by atoms with Gasteiger partial charge in [0.05, 0.1) is 17.6 Å². The lowest BCUT2D eigenvalue weighted by atomic mass is 10.2. The van der Waals surface area contributed by atoms with Gasteiger partial charge in [-0.3, -0.25) is 0 Å². The first-order chi connectivity index (χ1) is 12.8. The summed E-state index contributed by atoms with van der Waals surface area (Å²) in [5.74, 6) is 0.555. The maximum absolute atomic E-state index is 12.8. The van der Waals surface area contributed by atoms with Crippen LogP contribution in [0.15, 0.2) is 36.5 Å². The van der Waals surface area contributed by atoms with E-state index in [1.54, 1.807) is 44.4 Å². The van der Waals surface area contributed by atoms with Gasteiger partial charge in [0.1, 0.15) is 0 Å². The molecule has 0 unspecified atom stereocenters. The Morgan fingerprint density at radius 3 is 2.48 bits per heavy atom. The minimum absolute atomic E-state index is 0.126. The highest BCUT2D eigenvalue weighted by Crippen LogP contribution is 2.29. The summed E-state index contributed by atoms with van der Waals surface area (Å²) in [4.78, 5) is 8.02. The van der Waals surface area contributed by atoms with Crippen LogP contribution in [0, 0.1) is 6.92 Å². The molecule has 0 atom stereocenters. The van der Waals surface area contributed by atoms with Crippen LogP contribution in [-0.4, -0.2) is 26.8 Å². The molecule has 0 radical (unpaired) electrons. The Balaban J connectivity index is 1.75. The van der Waals surface area contributed by atoms with Crippen LogP contribution in [0.5, 0.6) is 0 Å². The van der Waals surface area contributed by atoms with E-state index in [9.17, 15) is 13.2 Å². The molecule has 142 valence electrons. The van der Waals surface area contributed by atoms with Crippen molar-refractivity contribution >= 4 is 23.1 Å². The summed E-state index contributed by atoms with van der Waals surface area (Å²) in [6.45, 7) is 2.03. The normalized spacial score (nSPS) is 11.5. The Bertz CT molecular complexity index is 937. The number of halogens is 4. The van der Waals surface area contributed by atoms with Crippen molar-refractivity contribution in [3.8, 4) is 5.69 Å². The second-order valence-electron chi connectivity index (χ2n) is 5.75. The van der Waals surface area contributed by atoms with Crippen molar-refractivity contribution in [3.05, 3.63) is 58.8 Å². The van der Waals surface area contributed by atoms with Gasteiger partial charge in [0.15, 0.2) is 11.5 Å². The fraction of sp³-hybridized carbons (Fsp3) is 0.235. The molecule has 0 saturated carbocycles. The highest BCUT2D eigenvalue weighted by Gasteiger charge is 2.34. The van der Waals surface area contributed by atoms with Crippen molar-refractivity contribution < 1.29 is 13.2 Å². The highest BCUT2D eigenvalue weighted by atomic mass is 35.5. The third-order valence-electron chi connectivity index (χ3n) is 3.85. The molecule has 0 bridgehead atoms. The number of hydrogen-bond donors (Lipinski definition) is 2. The molecule has 27 heavy (non-hydrogen) atoms. The topological polar surface area (TPSA) is 67.7 Å². The minimum Gasteiger partial charge on any atom is -0.384 e. The average molecular weight is 397 g/mol. The van der Waals surface area contributed by atoms with Gasteiger partial charge in [-0.2, -0.15) is 23.3 Å². The van der Waals surface area contributed by atoms with E-state index in [4.69, 9.17) is 11.6 Å². The second-order valence-corrected chi connectivity index (χ2v) is 6.09. The van der Waals surface area contributed by atoms with Gasteiger partial charge >= 0.3 is 6.18 Å². The van der Waals surface area contributed by atoms with Gasteiger partial charge in [0.25, 0.3) is 0 Å². The first-order valence-corrected chi connectivity index (χ1v) is 8.33. The largest absolute Gasteiger partial charge is 0.435 e. The maximum Gasteiger partial charge on any atom is 0.435 e. The van der Waals surface area contributed by atoms with Crippen LogP contribution in [0.4, 0.5) is 24.7 Å². The van der Waals surface area contributed by atoms with E-state index >= 15 is 0 Å². The van der Waals surface area contributed by atoms with Crippen molar-refractivity contribution in [2.24, 2.45) is 0 Å². The molecule has 3 aromatic rings. The van der Waals surface area contributed by atoms with Crippen molar-refractivity contribution in [3.63, 3.8) is 0 Å². The first kappa shape index (κ1) is 19.0. The zero-order valence-electron chi connectivity index (χ0n) is 14.5. The van der Waals surface area contributed by atoms with E-state index < -0.39 is 11.9 Å². The Morgan fingerprint density at radius 1 is 1.19 bits per heavy atom. The first-order valence-electron chi connectivity index (χ1n) is 7.95. The number of nitrogens with zero attached hydrogens (tertiary/aromatic N) is 4. The van der Waals surface area contributed by atoms with Crippen LogP contribution in [0.2, 0.25) is 5.28 Å². The van der Waals surface area contributed by atoms with E-state index in [0.29, 0.717) is 29.4 Å². The second kappa shape index (κ2) is 7.43. The molecule has 2 aromatic heterocycles. The molecule has 2 N–H and O–H groups in total. The number of alkyl halides is 3. The Labute approximate surface area is 158 Å². The number of anilines is 2. The summed E-state index contributed by atoms with van der Waals surface area (Å²) < 4.78 is 39.7. The molecule has 0 aliphatic carbocycles. The fourth-order valence-electron chi connectivity index (χ4n) is 2.49. The molecular weight excluding hydrogens is 381 g/mol. The number of rotatable bonds is 5. The molecule has 0 aliphatic heterocycles. The van der Waals surface area contributed by atoms with Crippen molar-refractivity contribution in [1.82, 2.24) is 19.7 Å². The molecular formula is C17H16ClF3N6. The van der Waals surface area contributed by atoms with E-state index in [1.165, 1.54) is 4.68 Å². The van der Waals surface area contributed by atoms with Crippen LogP contribution >= 0.6 is 11.6 Å². The molecule has 1 aromatic carbocycles. The lowest BCUT2D eigenvalue weighted by molar-refractivity contribution is -0.141. The van der Waals surface area contributed by atoms with Crippen LogP contribution < -0.4 is 10.6 Å². The van der Waals surface area contributed by atoms with Crippen LogP contribution in [-0.2, 0) is 12.7 Å². The van der Waals surface area contributed by atoms with Gasteiger partial charge in [0.2, 0.25) is 5.28 Å². The fourth-order valence-corrected chi connectivity index (χ4v) is 2.63. The third-order valence-corrected chi connectivity index (χ3v) is 4.03. The summed E-state index contributed by atoms with van der Waals surface area (Å²) in [6.07, 6.45) is -2.90. The van der Waals surface area contributed by atoms with Gasteiger partial charge in [-0.25, -0.2) is 9.67 Å². The van der Waals surface area contributed by atoms with Gasteiger partial charge in [-0.1, -0.05) is 12.1 Å². The quantitative estimate of drug-likeness (QED) is 0.629. The van der Waals surface area contributed by atoms with E-state index in [0.717, 1.165) is 11.6 Å². The summed E-state index contributed by atoms with van der Waals surface area (Å²) in [5.41, 5.74) is 1.65. The Kier molecular flexibility index (Phi) is 5.22. The third kappa shape index (κ3) is 4.30. The van der Waals surface area contributed by atoms with Gasteiger partial charge < -0.3 is 10.6 Å². The minimum atomic E-state index is -4.47. The lowest BCUT2D eigenvalue weighted by Gasteiger charge is -2.11. The summed E-state index contributed by atoms with van der Waals surface area (Å²) in [6, 6.07) is 8.05. The molecule has 3 rings (SSSR count). The van der Waals surface area contributed by atoms with E-state index in [2.05, 4.69) is 25.7 Å². The zero-order chi connectivity index (χ0) is 19.6. The number of nitrogens with one attached hydrogen (secondary N) is 2. The summed E-state index contributed by atoms with van der Waals surface area (Å²) >= 11 is 5.81. The molecule has 0 saturated heterocycles. The molecule has 10 heteroatoms. The zero-order valence-corrected chi connectivity index (χ0v) is 15.2. The van der Waals surface area contributed by atoms with Crippen LogP contribution in [0.3, 0.4) is 0 Å². The van der Waals surface area contributed by atoms with Crippen LogP contribution in [0.25, 0.3) is 5.69 Å². The smallest absolute Gasteiger partial charge is 0.384 e. The molecule has 0 aliphatic rings. The number of aromatic nitrogens is 4. The summed E-state index contributed by atoms with van der Waals surface area (Å²) in [7, 11) is 1.74. The Hall–Kier alpha value is -2.81. The van der Waals surface area contributed by atoms with Crippen molar-refractivity contribution in [1.29, 1.82) is 0 Å². The molecule has 0 amide bonds. The summed E-state index contributed by atoms with van der Waals surface area (Å²) in [5, 5.41) is 9.88. The van der Waals surface area contributed by atoms with E-state index in [1.807, 2.05) is 0 Å². The van der Waals surface area contributed by atoms with E-state index in [-0.39, 0.29) is 5.28 Å². The number of aryl methyl sites for hydroxylation is 1. The number of benzene rings is 1. The standard InChI is InChI=1S/C17H16ClF3N6/c1-10-7-14(17(19,20)21)26-27(10)12-5-3-11(4-6-12)8-23-15-13(22-2)9-24-16(18)25-15/h3-7,9,22H,8H2,1-2H3,(H,23,24,25). The number of hydrogen-bond acceptors (Lipinski definition) is 5. The molecule has 0 spiro atoms. The highest BCUT2D eigenvalue weighted by molar-refractivity contribution is 6.28. The molecule has 0 fully saturated rings. The SMILES string of the molecule is CNc1cnc(Cl)nc1NCc1ccc(-n2nc(C(F)(F)F)cc2C)cc1. The lowest BCUT2D eigenvalue weighted by Crippen LogP contribution is -2.08.